The SMILES string of the molecule is CCCCNS(=O)(=O)c1cc(CNC(C)C)ccc1C. The Hall–Kier alpha value is -0.910. The average Bonchev–Trinajstić information content (AvgIpc) is 2.37. The molecule has 0 bridgehead atoms. The standard InChI is InChI=1S/C15H26N2O2S/c1-5-6-9-17-20(18,19)15-10-14(8-7-13(15)4)11-16-12(2)3/h7-8,10,12,16-17H,5-6,9,11H2,1-4H3. The van der Waals surface area contributed by atoms with Gasteiger partial charge in [-0.3, -0.25) is 0 Å². The van der Waals surface area contributed by atoms with E-state index in [4.69, 9.17) is 0 Å². The van der Waals surface area contributed by atoms with Gasteiger partial charge in [0.15, 0.2) is 0 Å². The summed E-state index contributed by atoms with van der Waals surface area (Å²) in [6.45, 7) is 9.17. The molecule has 1 rings (SSSR count). The first kappa shape index (κ1) is 17.1. The Morgan fingerprint density at radius 1 is 1.25 bits per heavy atom. The third-order valence-electron chi connectivity index (χ3n) is 3.08. The van der Waals surface area contributed by atoms with Crippen molar-refractivity contribution < 1.29 is 8.42 Å². The summed E-state index contributed by atoms with van der Waals surface area (Å²) in [6.07, 6.45) is 1.83. The highest BCUT2D eigenvalue weighted by Crippen LogP contribution is 2.17. The number of unbranched alkanes of at least 4 members (excludes halogenated alkanes) is 1. The molecule has 0 aromatic heterocycles. The van der Waals surface area contributed by atoms with Crippen LogP contribution in [-0.4, -0.2) is 21.0 Å². The van der Waals surface area contributed by atoms with Gasteiger partial charge < -0.3 is 5.32 Å². The first-order valence-electron chi connectivity index (χ1n) is 7.19. The van der Waals surface area contributed by atoms with Crippen LogP contribution in [0.3, 0.4) is 0 Å². The third kappa shape index (κ3) is 5.23. The molecule has 0 aliphatic carbocycles. The lowest BCUT2D eigenvalue weighted by atomic mass is 10.1. The summed E-state index contributed by atoms with van der Waals surface area (Å²) in [7, 11) is -3.40. The van der Waals surface area contributed by atoms with Crippen LogP contribution in [0.15, 0.2) is 23.1 Å². The molecule has 0 spiro atoms. The van der Waals surface area contributed by atoms with E-state index in [1.165, 1.54) is 0 Å². The summed E-state index contributed by atoms with van der Waals surface area (Å²) in [5, 5.41) is 3.30. The van der Waals surface area contributed by atoms with Gasteiger partial charge in [-0.1, -0.05) is 39.3 Å². The molecule has 0 unspecified atom stereocenters. The van der Waals surface area contributed by atoms with Crippen molar-refractivity contribution in [3.05, 3.63) is 29.3 Å². The molecular formula is C15H26N2O2S. The lowest BCUT2D eigenvalue weighted by Crippen LogP contribution is -2.26. The van der Waals surface area contributed by atoms with Crippen molar-refractivity contribution in [2.75, 3.05) is 6.54 Å². The number of rotatable bonds is 8. The second-order valence-electron chi connectivity index (χ2n) is 5.39. The maximum atomic E-state index is 12.3. The number of benzene rings is 1. The zero-order chi connectivity index (χ0) is 15.2. The highest BCUT2D eigenvalue weighted by atomic mass is 32.2. The van der Waals surface area contributed by atoms with Gasteiger partial charge in [0.25, 0.3) is 0 Å². The molecule has 4 nitrogen and oxygen atoms in total. The molecule has 1 aromatic carbocycles. The number of sulfonamides is 1. The van der Waals surface area contributed by atoms with E-state index in [1.807, 2.05) is 26.0 Å². The van der Waals surface area contributed by atoms with Crippen LogP contribution >= 0.6 is 0 Å². The van der Waals surface area contributed by atoms with Crippen molar-refractivity contribution in [3.8, 4) is 0 Å². The Labute approximate surface area is 123 Å². The molecule has 1 aromatic rings. The lowest BCUT2D eigenvalue weighted by Gasteiger charge is -2.12. The van der Waals surface area contributed by atoms with Crippen molar-refractivity contribution >= 4 is 10.0 Å². The molecule has 0 atom stereocenters. The lowest BCUT2D eigenvalue weighted by molar-refractivity contribution is 0.575. The Balaban J connectivity index is 2.89. The largest absolute Gasteiger partial charge is 0.310 e. The van der Waals surface area contributed by atoms with Gasteiger partial charge in [0.2, 0.25) is 10.0 Å². The van der Waals surface area contributed by atoms with Gasteiger partial charge >= 0.3 is 0 Å². The monoisotopic (exact) mass is 298 g/mol. The Morgan fingerprint density at radius 2 is 1.95 bits per heavy atom. The van der Waals surface area contributed by atoms with E-state index in [0.29, 0.717) is 24.0 Å². The van der Waals surface area contributed by atoms with Crippen LogP contribution in [0.2, 0.25) is 0 Å². The first-order valence-corrected chi connectivity index (χ1v) is 8.67. The summed E-state index contributed by atoms with van der Waals surface area (Å²) in [5.41, 5.74) is 1.77. The maximum absolute atomic E-state index is 12.3. The molecule has 0 radical (unpaired) electrons. The molecular weight excluding hydrogens is 272 g/mol. The minimum Gasteiger partial charge on any atom is -0.310 e. The van der Waals surface area contributed by atoms with E-state index >= 15 is 0 Å². The molecule has 114 valence electrons. The van der Waals surface area contributed by atoms with Crippen LogP contribution < -0.4 is 10.0 Å². The zero-order valence-electron chi connectivity index (χ0n) is 12.9. The van der Waals surface area contributed by atoms with Crippen molar-refractivity contribution in [1.29, 1.82) is 0 Å². The third-order valence-corrected chi connectivity index (χ3v) is 4.68. The van der Waals surface area contributed by atoms with Gasteiger partial charge in [-0.2, -0.15) is 0 Å². The average molecular weight is 298 g/mol. The molecule has 0 amide bonds. The van der Waals surface area contributed by atoms with Crippen molar-refractivity contribution in [1.82, 2.24) is 10.0 Å². The van der Waals surface area contributed by atoms with Crippen molar-refractivity contribution in [2.24, 2.45) is 0 Å². The van der Waals surface area contributed by atoms with Crippen LogP contribution in [0.1, 0.15) is 44.7 Å². The zero-order valence-corrected chi connectivity index (χ0v) is 13.7. The van der Waals surface area contributed by atoms with Crippen LogP contribution in [0.5, 0.6) is 0 Å². The van der Waals surface area contributed by atoms with E-state index in [-0.39, 0.29) is 0 Å². The van der Waals surface area contributed by atoms with E-state index < -0.39 is 10.0 Å². The smallest absolute Gasteiger partial charge is 0.240 e. The second-order valence-corrected chi connectivity index (χ2v) is 7.12. The van der Waals surface area contributed by atoms with E-state index in [0.717, 1.165) is 24.0 Å². The van der Waals surface area contributed by atoms with Gasteiger partial charge in [0.1, 0.15) is 0 Å². The number of nitrogens with one attached hydrogen (secondary N) is 2. The van der Waals surface area contributed by atoms with Crippen LogP contribution in [0, 0.1) is 6.92 Å². The summed E-state index contributed by atoms with van der Waals surface area (Å²) < 4.78 is 27.2. The Morgan fingerprint density at radius 3 is 2.55 bits per heavy atom. The second kappa shape index (κ2) is 7.76. The Kier molecular flexibility index (Phi) is 6.65. The van der Waals surface area contributed by atoms with E-state index in [9.17, 15) is 8.42 Å². The predicted octanol–water partition coefficient (Wildman–Crippen LogP) is 2.57. The fraction of sp³-hybridized carbons (Fsp3) is 0.600. The van der Waals surface area contributed by atoms with Gasteiger partial charge in [0.05, 0.1) is 4.90 Å². The van der Waals surface area contributed by atoms with E-state index in [1.54, 1.807) is 6.07 Å². The fourth-order valence-electron chi connectivity index (χ4n) is 1.83. The maximum Gasteiger partial charge on any atom is 0.240 e. The highest BCUT2D eigenvalue weighted by molar-refractivity contribution is 7.89. The molecule has 5 heteroatoms. The normalized spacial score (nSPS) is 12.1. The molecule has 0 saturated heterocycles. The number of aryl methyl sites for hydroxylation is 1. The van der Waals surface area contributed by atoms with Crippen molar-refractivity contribution in [2.45, 2.75) is 58.0 Å². The molecule has 0 fully saturated rings. The predicted molar refractivity (Wildman–Crippen MR) is 83.3 cm³/mol. The number of hydrogen-bond donors (Lipinski definition) is 2. The summed E-state index contributed by atoms with van der Waals surface area (Å²) in [4.78, 5) is 0.386. The highest BCUT2D eigenvalue weighted by Gasteiger charge is 2.16. The van der Waals surface area contributed by atoms with Crippen molar-refractivity contribution in [3.63, 3.8) is 0 Å². The quantitative estimate of drug-likeness (QED) is 0.725. The summed E-state index contributed by atoms with van der Waals surface area (Å²) in [6, 6.07) is 5.97. The summed E-state index contributed by atoms with van der Waals surface area (Å²) >= 11 is 0. The van der Waals surface area contributed by atoms with Crippen LogP contribution in [-0.2, 0) is 16.6 Å². The topological polar surface area (TPSA) is 58.2 Å². The Bertz CT molecular complexity index is 525. The van der Waals surface area contributed by atoms with E-state index in [2.05, 4.69) is 23.9 Å². The first-order chi connectivity index (χ1) is 9.36. The molecule has 0 aliphatic rings. The molecule has 0 saturated carbocycles. The van der Waals surface area contributed by atoms with Gasteiger partial charge in [-0.05, 0) is 30.5 Å². The van der Waals surface area contributed by atoms with Gasteiger partial charge in [-0.15, -0.1) is 0 Å². The van der Waals surface area contributed by atoms with Crippen LogP contribution in [0.4, 0.5) is 0 Å². The number of hydrogen-bond acceptors (Lipinski definition) is 3. The fourth-order valence-corrected chi connectivity index (χ4v) is 3.19. The van der Waals surface area contributed by atoms with Crippen LogP contribution in [0.25, 0.3) is 0 Å². The minimum absolute atomic E-state index is 0.374. The minimum atomic E-state index is -3.40. The molecule has 0 heterocycles. The van der Waals surface area contributed by atoms with Gasteiger partial charge in [-0.25, -0.2) is 13.1 Å². The molecule has 2 N–H and O–H groups in total. The van der Waals surface area contributed by atoms with Gasteiger partial charge in [0, 0.05) is 19.1 Å². The molecule has 0 aliphatic heterocycles. The summed E-state index contributed by atoms with van der Waals surface area (Å²) in [5.74, 6) is 0. The molecule has 20 heavy (non-hydrogen) atoms.